The van der Waals surface area contributed by atoms with E-state index in [0.717, 1.165) is 25.2 Å². The molecule has 0 amide bonds. The van der Waals surface area contributed by atoms with Crippen molar-refractivity contribution in [2.75, 3.05) is 6.61 Å². The molecule has 0 unspecified atom stereocenters. The zero-order valence-corrected chi connectivity index (χ0v) is 9.59. The number of carbonyl (C=O) groups excluding carboxylic acids is 1. The Morgan fingerprint density at radius 2 is 1.93 bits per heavy atom. The normalized spacial score (nSPS) is 44.9. The molecule has 82 valence electrons. The van der Waals surface area contributed by atoms with E-state index in [2.05, 4.69) is 18.8 Å². The summed E-state index contributed by atoms with van der Waals surface area (Å²) in [4.78, 5) is 16.0. The Bertz CT molecular complexity index is 361. The lowest BCUT2D eigenvalue weighted by molar-refractivity contribution is -0.180. The van der Waals surface area contributed by atoms with E-state index in [1.54, 1.807) is 6.92 Å². The molecule has 15 heavy (non-hydrogen) atoms. The first-order chi connectivity index (χ1) is 6.88. The van der Waals surface area contributed by atoms with Crippen LogP contribution in [0.5, 0.6) is 0 Å². The van der Waals surface area contributed by atoms with Crippen molar-refractivity contribution in [2.24, 2.45) is 15.8 Å². The fourth-order valence-electron chi connectivity index (χ4n) is 3.24. The van der Waals surface area contributed by atoms with Crippen molar-refractivity contribution in [2.45, 2.75) is 45.6 Å². The minimum atomic E-state index is -0.0614. The minimum Gasteiger partial charge on any atom is -0.478 e. The van der Waals surface area contributed by atoms with E-state index in [1.165, 1.54) is 0 Å². The van der Waals surface area contributed by atoms with Crippen LogP contribution in [0.1, 0.15) is 40.0 Å². The molecule has 0 saturated heterocycles. The maximum Gasteiger partial charge on any atom is 0.190 e. The van der Waals surface area contributed by atoms with Crippen LogP contribution in [0.2, 0.25) is 0 Å². The fraction of sp³-hybridized carbons (Fsp3) is 0.833. The topological polar surface area (TPSA) is 38.7 Å². The van der Waals surface area contributed by atoms with Crippen LogP contribution in [0.25, 0.3) is 0 Å². The first-order valence-electron chi connectivity index (χ1n) is 5.62. The van der Waals surface area contributed by atoms with Gasteiger partial charge in [0.25, 0.3) is 0 Å². The largest absolute Gasteiger partial charge is 0.478 e. The maximum absolute atomic E-state index is 11.4. The smallest absolute Gasteiger partial charge is 0.190 e. The molecule has 1 aliphatic heterocycles. The molecule has 0 radical (unpaired) electrons. The molecule has 1 heterocycles. The Morgan fingerprint density at radius 3 is 2.33 bits per heavy atom. The molecule has 0 N–H and O–H groups in total. The van der Waals surface area contributed by atoms with Crippen molar-refractivity contribution in [1.82, 2.24) is 0 Å². The number of hydrogen-bond donors (Lipinski definition) is 0. The monoisotopic (exact) mass is 207 g/mol. The van der Waals surface area contributed by atoms with E-state index >= 15 is 0 Å². The van der Waals surface area contributed by atoms with E-state index < -0.39 is 0 Å². The van der Waals surface area contributed by atoms with E-state index in [9.17, 15) is 4.79 Å². The van der Waals surface area contributed by atoms with Gasteiger partial charge in [-0.05, 0) is 40.0 Å². The van der Waals surface area contributed by atoms with Crippen LogP contribution < -0.4 is 0 Å². The van der Waals surface area contributed by atoms with E-state index in [0.29, 0.717) is 12.4 Å². The molecule has 3 fully saturated rings. The highest BCUT2D eigenvalue weighted by Gasteiger charge is 2.73. The van der Waals surface area contributed by atoms with Crippen LogP contribution in [0.4, 0.5) is 0 Å². The van der Waals surface area contributed by atoms with Gasteiger partial charge in [0.15, 0.2) is 5.90 Å². The first-order valence-corrected chi connectivity index (χ1v) is 5.62. The highest BCUT2D eigenvalue weighted by molar-refractivity contribution is 5.96. The zero-order chi connectivity index (χ0) is 10.9. The van der Waals surface area contributed by atoms with Gasteiger partial charge in [0, 0.05) is 10.8 Å². The van der Waals surface area contributed by atoms with Crippen LogP contribution in [0, 0.1) is 10.8 Å². The predicted octanol–water partition coefficient (Wildman–Crippen LogP) is 1.95. The number of ether oxygens (including phenoxy) is 1. The summed E-state index contributed by atoms with van der Waals surface area (Å²) in [7, 11) is 0. The minimum absolute atomic E-state index is 0.0125. The van der Waals surface area contributed by atoms with Crippen molar-refractivity contribution in [1.29, 1.82) is 0 Å². The number of ketones is 1. The van der Waals surface area contributed by atoms with E-state index in [1.807, 2.05) is 0 Å². The standard InChI is InChI=1S/C12H17NO2/c1-8(14)11-4-12(5-11,6-11)9-13-10(2,3)7-15-9/h4-7H2,1-3H3. The third kappa shape index (κ3) is 1.01. The number of rotatable bonds is 2. The average molecular weight is 207 g/mol. The summed E-state index contributed by atoms with van der Waals surface area (Å²) in [5.41, 5.74) is 0.103. The molecule has 4 aliphatic rings. The zero-order valence-electron chi connectivity index (χ0n) is 9.59. The van der Waals surface area contributed by atoms with Gasteiger partial charge in [-0.1, -0.05) is 0 Å². The molecular formula is C12H17NO2. The molecule has 0 atom stereocenters. The molecule has 3 nitrogen and oxygen atoms in total. The average Bonchev–Trinajstić information content (AvgIpc) is 2.23. The SMILES string of the molecule is CC(=O)C12CC(C3=NC(C)(C)CO3)(C1)C2. The number of aliphatic imine (C=N–C) groups is 1. The lowest BCUT2D eigenvalue weighted by atomic mass is 9.34. The van der Waals surface area contributed by atoms with Gasteiger partial charge in [0.1, 0.15) is 12.4 Å². The molecule has 2 bridgehead atoms. The van der Waals surface area contributed by atoms with Gasteiger partial charge >= 0.3 is 0 Å². The second-order valence-electron chi connectivity index (χ2n) is 6.17. The molecule has 0 aromatic rings. The summed E-state index contributed by atoms with van der Waals surface area (Å²) in [5, 5.41) is 0. The Balaban J connectivity index is 1.77. The van der Waals surface area contributed by atoms with E-state index in [4.69, 9.17) is 4.74 Å². The maximum atomic E-state index is 11.4. The molecule has 3 saturated carbocycles. The van der Waals surface area contributed by atoms with Gasteiger partial charge in [-0.3, -0.25) is 4.79 Å². The molecule has 0 aromatic carbocycles. The highest BCUT2D eigenvalue weighted by Crippen LogP contribution is 2.74. The molecule has 3 aliphatic carbocycles. The lowest BCUT2D eigenvalue weighted by Gasteiger charge is -2.68. The molecule has 4 rings (SSSR count). The van der Waals surface area contributed by atoms with Crippen LogP contribution in [0.3, 0.4) is 0 Å². The summed E-state index contributed by atoms with van der Waals surface area (Å²) >= 11 is 0. The summed E-state index contributed by atoms with van der Waals surface area (Å²) in [6.45, 7) is 6.58. The Morgan fingerprint density at radius 1 is 1.33 bits per heavy atom. The quantitative estimate of drug-likeness (QED) is 0.694. The number of Topliss-reactive ketones (excluding diaryl/α,β-unsaturated/α-hetero) is 1. The van der Waals surface area contributed by atoms with Crippen LogP contribution in [0.15, 0.2) is 4.99 Å². The van der Waals surface area contributed by atoms with Crippen LogP contribution in [-0.2, 0) is 9.53 Å². The Labute approximate surface area is 89.9 Å². The Kier molecular flexibility index (Phi) is 1.42. The Hall–Kier alpha value is -0.860. The van der Waals surface area contributed by atoms with Gasteiger partial charge in [0.05, 0.1) is 5.54 Å². The van der Waals surface area contributed by atoms with Gasteiger partial charge in [-0.15, -0.1) is 0 Å². The third-order valence-electron chi connectivity index (χ3n) is 4.20. The van der Waals surface area contributed by atoms with Crippen molar-refractivity contribution in [3.63, 3.8) is 0 Å². The van der Waals surface area contributed by atoms with Gasteiger partial charge in [0.2, 0.25) is 0 Å². The molecule has 0 spiro atoms. The summed E-state index contributed by atoms with van der Waals surface area (Å²) in [6.07, 6.45) is 2.93. The van der Waals surface area contributed by atoms with Crippen molar-refractivity contribution in [3.05, 3.63) is 0 Å². The fourth-order valence-corrected chi connectivity index (χ4v) is 3.24. The predicted molar refractivity (Wildman–Crippen MR) is 56.9 cm³/mol. The van der Waals surface area contributed by atoms with Crippen molar-refractivity contribution < 1.29 is 9.53 Å². The summed E-state index contributed by atoms with van der Waals surface area (Å²) in [5.74, 6) is 1.28. The molecular weight excluding hydrogens is 190 g/mol. The number of carbonyl (C=O) groups is 1. The van der Waals surface area contributed by atoms with E-state index in [-0.39, 0.29) is 16.4 Å². The third-order valence-corrected chi connectivity index (χ3v) is 4.20. The van der Waals surface area contributed by atoms with Gasteiger partial charge < -0.3 is 4.74 Å². The number of hydrogen-bond acceptors (Lipinski definition) is 3. The number of nitrogens with zero attached hydrogens (tertiary/aromatic N) is 1. The molecule has 3 heteroatoms. The van der Waals surface area contributed by atoms with Crippen LogP contribution >= 0.6 is 0 Å². The highest BCUT2D eigenvalue weighted by atomic mass is 16.5. The lowest BCUT2D eigenvalue weighted by Crippen LogP contribution is -2.68. The van der Waals surface area contributed by atoms with Crippen molar-refractivity contribution >= 4 is 11.7 Å². The van der Waals surface area contributed by atoms with Crippen LogP contribution in [-0.4, -0.2) is 23.8 Å². The molecule has 0 aromatic heterocycles. The summed E-state index contributed by atoms with van der Waals surface area (Å²) < 4.78 is 5.68. The van der Waals surface area contributed by atoms with Crippen molar-refractivity contribution in [3.8, 4) is 0 Å². The van der Waals surface area contributed by atoms with Gasteiger partial charge in [-0.2, -0.15) is 0 Å². The second-order valence-corrected chi connectivity index (χ2v) is 6.17. The van der Waals surface area contributed by atoms with Gasteiger partial charge in [-0.25, -0.2) is 4.99 Å². The first kappa shape index (κ1) is 9.37. The summed E-state index contributed by atoms with van der Waals surface area (Å²) in [6, 6.07) is 0. The second kappa shape index (κ2) is 2.28.